The lowest BCUT2D eigenvalue weighted by atomic mass is 9.90. The first kappa shape index (κ1) is 23.3. The van der Waals surface area contributed by atoms with Crippen molar-refractivity contribution < 1.29 is 23.5 Å². The number of hydrogen-bond acceptors (Lipinski definition) is 8. The number of aliphatic hydroxyl groups is 1. The summed E-state index contributed by atoms with van der Waals surface area (Å²) in [6, 6.07) is 0. The molecule has 5 rings (SSSR count). The minimum absolute atomic E-state index is 0.00405. The Labute approximate surface area is 200 Å². The van der Waals surface area contributed by atoms with Gasteiger partial charge in [-0.25, -0.2) is 13.5 Å². The van der Waals surface area contributed by atoms with E-state index in [0.29, 0.717) is 44.8 Å². The lowest BCUT2D eigenvalue weighted by molar-refractivity contribution is -0.157. The van der Waals surface area contributed by atoms with E-state index in [1.54, 1.807) is 16.7 Å². The Hall–Kier alpha value is -3.48. The number of nitrogens with two attached hydrogens (primary N) is 1. The number of anilines is 4. The summed E-state index contributed by atoms with van der Waals surface area (Å²) in [4.78, 5) is 33.1. The number of aromatic nitrogens is 3. The van der Waals surface area contributed by atoms with Crippen molar-refractivity contribution in [2.45, 2.75) is 38.1 Å². The molecule has 0 spiro atoms. The molecule has 2 fully saturated rings. The second kappa shape index (κ2) is 8.63. The summed E-state index contributed by atoms with van der Waals surface area (Å²) >= 11 is 0. The number of β-amino-alcohol motifs (C(OH)–C–C–N with tert-alkyl or cyclic N) is 1. The van der Waals surface area contributed by atoms with Crippen molar-refractivity contribution in [3.8, 4) is 0 Å². The number of rotatable bonds is 4. The first-order valence-electron chi connectivity index (χ1n) is 11.6. The Morgan fingerprint density at radius 2 is 2.00 bits per heavy atom. The summed E-state index contributed by atoms with van der Waals surface area (Å²) in [6.45, 7) is 3.18. The number of pyridine rings is 1. The summed E-state index contributed by atoms with van der Waals surface area (Å²) < 4.78 is 29.9. The molecule has 188 valence electrons. The van der Waals surface area contributed by atoms with E-state index in [4.69, 9.17) is 5.73 Å². The number of likely N-dealkylation sites (tertiary alicyclic amines) is 1. The number of hydrogen-bond donors (Lipinski definition) is 4. The highest BCUT2D eigenvalue weighted by molar-refractivity contribution is 6.12. The molecule has 0 aliphatic carbocycles. The average Bonchev–Trinajstić information content (AvgIpc) is 3.12. The van der Waals surface area contributed by atoms with E-state index in [9.17, 15) is 23.5 Å². The normalized spacial score (nSPS) is 21.7. The van der Waals surface area contributed by atoms with Crippen molar-refractivity contribution in [1.82, 2.24) is 19.7 Å². The molecule has 11 nitrogen and oxygen atoms in total. The minimum atomic E-state index is -1.15. The molecule has 2 amide bonds. The zero-order valence-electron chi connectivity index (χ0n) is 19.3. The molecule has 2 aromatic heterocycles. The number of nitrogens with zero attached hydrogens (tertiary/aromatic N) is 5. The van der Waals surface area contributed by atoms with Gasteiger partial charge in [0.05, 0.1) is 43.3 Å². The van der Waals surface area contributed by atoms with Gasteiger partial charge in [-0.2, -0.15) is 5.10 Å². The van der Waals surface area contributed by atoms with Crippen molar-refractivity contribution in [3.05, 3.63) is 23.8 Å². The molecule has 5 heterocycles. The smallest absolute Gasteiger partial charge is 0.263 e. The largest absolute Gasteiger partial charge is 0.386 e. The average molecular weight is 491 g/mol. The van der Waals surface area contributed by atoms with Gasteiger partial charge in [0, 0.05) is 25.6 Å². The van der Waals surface area contributed by atoms with Crippen molar-refractivity contribution in [2.24, 2.45) is 5.92 Å². The van der Waals surface area contributed by atoms with Crippen LogP contribution in [0.1, 0.15) is 30.1 Å². The molecule has 2 saturated heterocycles. The zero-order chi connectivity index (χ0) is 24.9. The van der Waals surface area contributed by atoms with Gasteiger partial charge in [0.1, 0.15) is 23.2 Å². The number of halogens is 2. The highest BCUT2D eigenvalue weighted by Crippen LogP contribution is 2.35. The highest BCUT2D eigenvalue weighted by atomic mass is 19.1. The van der Waals surface area contributed by atoms with E-state index in [0.717, 1.165) is 6.20 Å². The molecule has 3 aliphatic rings. The predicted molar refractivity (Wildman–Crippen MR) is 124 cm³/mol. The SMILES string of the molecule is CC1(O)CN(C(=O)C2CCN(c3c(F)cncc3NC(=O)c3c(N)nn4c3NCC(F)C4)CC2)C1. The molecule has 35 heavy (non-hydrogen) atoms. The fraction of sp³-hybridized carbons (Fsp3) is 0.545. The molecule has 5 N–H and O–H groups in total. The van der Waals surface area contributed by atoms with Crippen molar-refractivity contribution in [2.75, 3.05) is 54.0 Å². The molecule has 1 unspecified atom stereocenters. The monoisotopic (exact) mass is 490 g/mol. The fourth-order valence-electron chi connectivity index (χ4n) is 5.04. The molecule has 0 bridgehead atoms. The Kier molecular flexibility index (Phi) is 5.74. The van der Waals surface area contributed by atoms with Crippen LogP contribution in [0.4, 0.5) is 31.8 Å². The van der Waals surface area contributed by atoms with Crippen LogP contribution in [-0.4, -0.2) is 81.1 Å². The molecule has 2 aromatic rings. The Morgan fingerprint density at radius 1 is 1.29 bits per heavy atom. The van der Waals surface area contributed by atoms with Crippen LogP contribution < -0.4 is 21.3 Å². The van der Waals surface area contributed by atoms with Crippen LogP contribution in [0.5, 0.6) is 0 Å². The maximum atomic E-state index is 14.9. The lowest BCUT2D eigenvalue weighted by Gasteiger charge is -2.46. The second-order valence-electron chi connectivity index (χ2n) is 9.69. The fourth-order valence-corrected chi connectivity index (χ4v) is 5.04. The summed E-state index contributed by atoms with van der Waals surface area (Å²) in [5, 5.41) is 19.4. The number of piperidine rings is 1. The van der Waals surface area contributed by atoms with E-state index >= 15 is 0 Å². The standard InChI is InChI=1S/C22H28F2N8O3/c1-22(35)10-31(11-22)21(34)12-2-4-30(5-3-12)17-14(24)7-26-8-15(17)28-20(33)16-18(25)29-32-9-13(23)6-27-19(16)32/h7-8,12-13,27,35H,2-6,9-11H2,1H3,(H2,25,29)(H,28,33). The zero-order valence-corrected chi connectivity index (χ0v) is 19.3. The summed E-state index contributed by atoms with van der Waals surface area (Å²) in [5.41, 5.74) is 5.50. The number of carbonyl (C=O) groups excluding carboxylic acids is 2. The third-order valence-electron chi connectivity index (χ3n) is 6.72. The van der Waals surface area contributed by atoms with Gasteiger partial charge in [0.15, 0.2) is 11.6 Å². The topological polar surface area (TPSA) is 142 Å². The minimum Gasteiger partial charge on any atom is -0.386 e. The molecule has 0 saturated carbocycles. The van der Waals surface area contributed by atoms with Gasteiger partial charge in [-0.3, -0.25) is 14.6 Å². The second-order valence-corrected chi connectivity index (χ2v) is 9.69. The molecule has 1 atom stereocenters. The van der Waals surface area contributed by atoms with Crippen LogP contribution >= 0.6 is 0 Å². The van der Waals surface area contributed by atoms with Gasteiger partial charge in [-0.15, -0.1) is 0 Å². The Balaban J connectivity index is 1.30. The summed E-state index contributed by atoms with van der Waals surface area (Å²) in [5.74, 6) is -1.16. The van der Waals surface area contributed by atoms with Crippen LogP contribution in [0.2, 0.25) is 0 Å². The van der Waals surface area contributed by atoms with E-state index in [2.05, 4.69) is 20.7 Å². The first-order valence-corrected chi connectivity index (χ1v) is 11.6. The van der Waals surface area contributed by atoms with Crippen LogP contribution in [0, 0.1) is 11.7 Å². The quantitative estimate of drug-likeness (QED) is 0.494. The third kappa shape index (κ3) is 4.35. The molecule has 0 radical (unpaired) electrons. The van der Waals surface area contributed by atoms with Gasteiger partial charge in [-0.1, -0.05) is 0 Å². The first-order chi connectivity index (χ1) is 16.6. The number of alkyl halides is 1. The van der Waals surface area contributed by atoms with Crippen LogP contribution in [0.3, 0.4) is 0 Å². The lowest BCUT2D eigenvalue weighted by Crippen LogP contribution is -2.63. The van der Waals surface area contributed by atoms with E-state index < -0.39 is 23.5 Å². The van der Waals surface area contributed by atoms with Crippen LogP contribution in [0.15, 0.2) is 12.4 Å². The van der Waals surface area contributed by atoms with Crippen molar-refractivity contribution in [3.63, 3.8) is 0 Å². The maximum Gasteiger partial charge on any atom is 0.263 e. The molecule has 0 aromatic carbocycles. The summed E-state index contributed by atoms with van der Waals surface area (Å²) in [7, 11) is 0. The van der Waals surface area contributed by atoms with Crippen LogP contribution in [0.25, 0.3) is 0 Å². The van der Waals surface area contributed by atoms with Gasteiger partial charge < -0.3 is 31.3 Å². The number of nitrogen functional groups attached to an aromatic ring is 1. The Bertz CT molecular complexity index is 1150. The molecule has 13 heteroatoms. The van der Waals surface area contributed by atoms with E-state index in [-0.39, 0.29) is 47.7 Å². The van der Waals surface area contributed by atoms with E-state index in [1.165, 1.54) is 10.9 Å². The molecular formula is C22H28F2N8O3. The molecule has 3 aliphatic heterocycles. The van der Waals surface area contributed by atoms with Crippen molar-refractivity contribution in [1.29, 1.82) is 0 Å². The number of nitrogens with one attached hydrogen (secondary N) is 2. The number of carbonyl (C=O) groups is 2. The Morgan fingerprint density at radius 3 is 2.69 bits per heavy atom. The number of amides is 2. The van der Waals surface area contributed by atoms with Gasteiger partial charge in [0.2, 0.25) is 5.91 Å². The van der Waals surface area contributed by atoms with Gasteiger partial charge in [-0.05, 0) is 19.8 Å². The van der Waals surface area contributed by atoms with Gasteiger partial charge >= 0.3 is 0 Å². The summed E-state index contributed by atoms with van der Waals surface area (Å²) in [6.07, 6.45) is 2.31. The molecular weight excluding hydrogens is 462 g/mol. The van der Waals surface area contributed by atoms with Crippen molar-refractivity contribution >= 4 is 34.8 Å². The van der Waals surface area contributed by atoms with E-state index in [1.807, 2.05) is 0 Å². The predicted octanol–water partition coefficient (Wildman–Crippen LogP) is 0.825. The van der Waals surface area contributed by atoms with Gasteiger partial charge in [0.25, 0.3) is 5.91 Å². The third-order valence-corrected chi connectivity index (χ3v) is 6.72. The van der Waals surface area contributed by atoms with Crippen LogP contribution in [-0.2, 0) is 11.3 Å². The number of fused-ring (bicyclic) bond motifs is 1. The maximum absolute atomic E-state index is 14.9. The highest BCUT2D eigenvalue weighted by Gasteiger charge is 2.42.